The molecule has 0 radical (unpaired) electrons. The van der Waals surface area contributed by atoms with Crippen LogP contribution in [0.15, 0.2) is 22.8 Å². The van der Waals surface area contributed by atoms with Gasteiger partial charge in [0.2, 0.25) is 0 Å². The van der Waals surface area contributed by atoms with Crippen LogP contribution in [0.2, 0.25) is 0 Å². The zero-order valence-electron chi connectivity index (χ0n) is 7.64. The lowest BCUT2D eigenvalue weighted by Crippen LogP contribution is -2.13. The van der Waals surface area contributed by atoms with Crippen molar-refractivity contribution >= 4 is 11.8 Å². The van der Waals surface area contributed by atoms with E-state index in [9.17, 15) is 0 Å². The molecule has 0 fully saturated rings. The Morgan fingerprint density at radius 3 is 2.92 bits per heavy atom. The van der Waals surface area contributed by atoms with Gasteiger partial charge < -0.3 is 15.3 Å². The fourth-order valence-corrected chi connectivity index (χ4v) is 2.06. The molecule has 3 nitrogen and oxygen atoms in total. The zero-order chi connectivity index (χ0) is 9.68. The van der Waals surface area contributed by atoms with Gasteiger partial charge in [0.05, 0.1) is 18.1 Å². The number of furan rings is 1. The first-order valence-corrected chi connectivity index (χ1v) is 5.22. The minimum Gasteiger partial charge on any atom is -0.468 e. The highest BCUT2D eigenvalue weighted by Gasteiger charge is 2.15. The third-order valence-electron chi connectivity index (χ3n) is 1.73. The quantitative estimate of drug-likeness (QED) is 0.756. The Morgan fingerprint density at radius 2 is 2.46 bits per heavy atom. The van der Waals surface area contributed by atoms with Gasteiger partial charge in [0.25, 0.3) is 0 Å². The Hall–Kier alpha value is -0.450. The highest BCUT2D eigenvalue weighted by Crippen LogP contribution is 2.31. The van der Waals surface area contributed by atoms with Gasteiger partial charge in [-0.25, -0.2) is 0 Å². The van der Waals surface area contributed by atoms with Crippen molar-refractivity contribution in [3.63, 3.8) is 0 Å². The Bertz CT molecular complexity index is 226. The molecule has 74 valence electrons. The Kier molecular flexibility index (Phi) is 4.35. The van der Waals surface area contributed by atoms with Crippen LogP contribution >= 0.6 is 11.8 Å². The number of rotatable bonds is 5. The predicted octanol–water partition coefficient (Wildman–Crippen LogP) is 1.39. The summed E-state index contributed by atoms with van der Waals surface area (Å²) in [7, 11) is 0. The number of thioether (sulfide) groups is 1. The first-order chi connectivity index (χ1) is 6.27. The SMILES string of the molecule is CC(CO)SC(CN)c1ccco1. The molecule has 13 heavy (non-hydrogen) atoms. The van der Waals surface area contributed by atoms with Crippen molar-refractivity contribution < 1.29 is 9.52 Å². The molecular weight excluding hydrogens is 186 g/mol. The van der Waals surface area contributed by atoms with E-state index in [1.807, 2.05) is 19.1 Å². The standard InChI is InChI=1S/C9H15NO2S/c1-7(6-11)13-9(5-10)8-3-2-4-12-8/h2-4,7,9,11H,5-6,10H2,1H3. The van der Waals surface area contributed by atoms with Crippen LogP contribution in [0.1, 0.15) is 17.9 Å². The molecule has 1 aromatic rings. The van der Waals surface area contributed by atoms with Crippen LogP contribution in [-0.4, -0.2) is 23.5 Å². The van der Waals surface area contributed by atoms with E-state index in [4.69, 9.17) is 15.3 Å². The summed E-state index contributed by atoms with van der Waals surface area (Å²) < 4.78 is 5.25. The van der Waals surface area contributed by atoms with Gasteiger partial charge in [-0.1, -0.05) is 6.92 Å². The second-order valence-corrected chi connectivity index (χ2v) is 4.51. The molecule has 2 unspecified atom stereocenters. The predicted molar refractivity (Wildman–Crippen MR) is 54.6 cm³/mol. The summed E-state index contributed by atoms with van der Waals surface area (Å²) in [5.74, 6) is 0.882. The lowest BCUT2D eigenvalue weighted by Gasteiger charge is -2.15. The van der Waals surface area contributed by atoms with Crippen LogP contribution in [0.4, 0.5) is 0 Å². The third kappa shape index (κ3) is 3.06. The highest BCUT2D eigenvalue weighted by molar-refractivity contribution is 8.00. The summed E-state index contributed by atoms with van der Waals surface area (Å²) >= 11 is 1.63. The first kappa shape index (κ1) is 10.6. The van der Waals surface area contributed by atoms with Gasteiger partial charge in [0, 0.05) is 11.8 Å². The number of aliphatic hydroxyl groups excluding tert-OH is 1. The number of hydrogen-bond acceptors (Lipinski definition) is 4. The lowest BCUT2D eigenvalue weighted by molar-refractivity contribution is 0.299. The molecule has 0 aliphatic rings. The maximum atomic E-state index is 8.88. The largest absolute Gasteiger partial charge is 0.468 e. The summed E-state index contributed by atoms with van der Waals surface area (Å²) in [6.45, 7) is 2.67. The first-order valence-electron chi connectivity index (χ1n) is 4.27. The Balaban J connectivity index is 2.53. The van der Waals surface area contributed by atoms with Crippen LogP contribution in [0, 0.1) is 0 Å². The van der Waals surface area contributed by atoms with Crippen molar-refractivity contribution in [3.05, 3.63) is 24.2 Å². The van der Waals surface area contributed by atoms with Crippen molar-refractivity contribution in [3.8, 4) is 0 Å². The summed E-state index contributed by atoms with van der Waals surface area (Å²) in [4.78, 5) is 0. The molecule has 4 heteroatoms. The van der Waals surface area contributed by atoms with Crippen molar-refractivity contribution in [1.82, 2.24) is 0 Å². The monoisotopic (exact) mass is 201 g/mol. The summed E-state index contributed by atoms with van der Waals surface area (Å²) in [5, 5.41) is 9.23. The minimum atomic E-state index is 0.150. The molecule has 1 aromatic heterocycles. The molecule has 0 saturated carbocycles. The van der Waals surface area contributed by atoms with E-state index in [1.54, 1.807) is 18.0 Å². The van der Waals surface area contributed by atoms with Crippen LogP contribution in [0.5, 0.6) is 0 Å². The molecule has 0 aliphatic heterocycles. The maximum absolute atomic E-state index is 8.88. The van der Waals surface area contributed by atoms with E-state index in [2.05, 4.69) is 0 Å². The fourth-order valence-electron chi connectivity index (χ4n) is 1.04. The molecule has 3 N–H and O–H groups in total. The Morgan fingerprint density at radius 1 is 1.69 bits per heavy atom. The number of hydrogen-bond donors (Lipinski definition) is 2. The van der Waals surface area contributed by atoms with Gasteiger partial charge in [-0.3, -0.25) is 0 Å². The van der Waals surface area contributed by atoms with Crippen molar-refractivity contribution in [1.29, 1.82) is 0 Å². The van der Waals surface area contributed by atoms with Crippen LogP contribution in [0.25, 0.3) is 0 Å². The molecule has 0 aromatic carbocycles. The van der Waals surface area contributed by atoms with E-state index in [-0.39, 0.29) is 17.1 Å². The van der Waals surface area contributed by atoms with Gasteiger partial charge in [-0.15, -0.1) is 11.8 Å². The van der Waals surface area contributed by atoms with Crippen LogP contribution in [-0.2, 0) is 0 Å². The number of nitrogens with two attached hydrogens (primary N) is 1. The van der Waals surface area contributed by atoms with Gasteiger partial charge in [0.15, 0.2) is 0 Å². The molecule has 0 saturated heterocycles. The molecular formula is C9H15NO2S. The van der Waals surface area contributed by atoms with E-state index in [0.717, 1.165) is 5.76 Å². The highest BCUT2D eigenvalue weighted by atomic mass is 32.2. The van der Waals surface area contributed by atoms with Crippen LogP contribution in [0.3, 0.4) is 0 Å². The van der Waals surface area contributed by atoms with Gasteiger partial charge >= 0.3 is 0 Å². The molecule has 1 heterocycles. The van der Waals surface area contributed by atoms with E-state index < -0.39 is 0 Å². The molecule has 2 atom stereocenters. The molecule has 0 aliphatic carbocycles. The summed E-state index contributed by atoms with van der Waals surface area (Å²) in [5.41, 5.74) is 5.60. The topological polar surface area (TPSA) is 59.4 Å². The minimum absolute atomic E-state index is 0.150. The van der Waals surface area contributed by atoms with Gasteiger partial charge in [0.1, 0.15) is 5.76 Å². The number of aliphatic hydroxyl groups is 1. The van der Waals surface area contributed by atoms with E-state index in [0.29, 0.717) is 6.54 Å². The fraction of sp³-hybridized carbons (Fsp3) is 0.556. The molecule has 0 spiro atoms. The van der Waals surface area contributed by atoms with Crippen molar-refractivity contribution in [2.45, 2.75) is 17.4 Å². The zero-order valence-corrected chi connectivity index (χ0v) is 8.46. The molecule has 0 bridgehead atoms. The second kappa shape index (κ2) is 5.32. The van der Waals surface area contributed by atoms with E-state index in [1.165, 1.54) is 0 Å². The smallest absolute Gasteiger partial charge is 0.118 e. The third-order valence-corrected chi connectivity index (χ3v) is 3.10. The molecule has 0 amide bonds. The second-order valence-electron chi connectivity index (χ2n) is 2.87. The maximum Gasteiger partial charge on any atom is 0.118 e. The van der Waals surface area contributed by atoms with E-state index >= 15 is 0 Å². The average Bonchev–Trinajstić information content (AvgIpc) is 2.66. The normalized spacial score (nSPS) is 15.6. The lowest BCUT2D eigenvalue weighted by atomic mass is 10.3. The van der Waals surface area contributed by atoms with Gasteiger partial charge in [-0.2, -0.15) is 0 Å². The van der Waals surface area contributed by atoms with Crippen LogP contribution < -0.4 is 5.73 Å². The Labute approximate surface area is 82.3 Å². The molecule has 1 rings (SSSR count). The van der Waals surface area contributed by atoms with Crippen molar-refractivity contribution in [2.24, 2.45) is 5.73 Å². The van der Waals surface area contributed by atoms with Gasteiger partial charge in [-0.05, 0) is 12.1 Å². The summed E-state index contributed by atoms with van der Waals surface area (Å²) in [6, 6.07) is 3.76. The van der Waals surface area contributed by atoms with Crippen molar-refractivity contribution in [2.75, 3.05) is 13.2 Å². The summed E-state index contributed by atoms with van der Waals surface area (Å²) in [6.07, 6.45) is 1.64. The average molecular weight is 201 g/mol.